The zero-order valence-electron chi connectivity index (χ0n) is 17.5. The Labute approximate surface area is 169 Å². The molecule has 154 valence electrons. The standard InChI is InChI=1S/C22H35N5O/c1-23-21-17-15-26(2)14-12-18(17)24-22(25-21)19-9-5-6-13-27(19)20(28)11-10-16-7-3-4-8-16/h16,19H,3-15H2,1-2H3,(H,23,24,25)/t19-/m0/s1. The van der Waals surface area contributed by atoms with E-state index in [4.69, 9.17) is 9.97 Å². The van der Waals surface area contributed by atoms with Crippen LogP contribution in [-0.2, 0) is 17.8 Å². The smallest absolute Gasteiger partial charge is 0.223 e. The topological polar surface area (TPSA) is 61.4 Å². The molecule has 0 spiro atoms. The number of amides is 1. The van der Waals surface area contributed by atoms with Gasteiger partial charge in [-0.25, -0.2) is 9.97 Å². The Bertz CT molecular complexity index is 683. The zero-order valence-corrected chi connectivity index (χ0v) is 17.5. The summed E-state index contributed by atoms with van der Waals surface area (Å²) in [6.45, 7) is 2.77. The summed E-state index contributed by atoms with van der Waals surface area (Å²) in [5.74, 6) is 2.86. The van der Waals surface area contributed by atoms with Crippen molar-refractivity contribution in [2.45, 2.75) is 76.8 Å². The number of hydrogen-bond acceptors (Lipinski definition) is 5. The molecule has 3 heterocycles. The summed E-state index contributed by atoms with van der Waals surface area (Å²) in [6.07, 6.45) is 11.2. The minimum Gasteiger partial charge on any atom is -0.373 e. The van der Waals surface area contributed by atoms with Crippen LogP contribution in [0.2, 0.25) is 0 Å². The lowest BCUT2D eigenvalue weighted by molar-refractivity contribution is -0.135. The summed E-state index contributed by atoms with van der Waals surface area (Å²) >= 11 is 0. The second-order valence-corrected chi connectivity index (χ2v) is 8.88. The van der Waals surface area contributed by atoms with Crippen LogP contribution in [0.3, 0.4) is 0 Å². The third-order valence-electron chi connectivity index (χ3n) is 6.87. The highest BCUT2D eigenvalue weighted by molar-refractivity contribution is 5.76. The van der Waals surface area contributed by atoms with Crippen LogP contribution in [0.5, 0.6) is 0 Å². The minimum absolute atomic E-state index is 0.0434. The van der Waals surface area contributed by atoms with Gasteiger partial charge in [0, 0.05) is 45.1 Å². The van der Waals surface area contributed by atoms with Crippen molar-refractivity contribution in [3.05, 3.63) is 17.1 Å². The van der Waals surface area contributed by atoms with Crippen molar-refractivity contribution in [3.63, 3.8) is 0 Å². The summed E-state index contributed by atoms with van der Waals surface area (Å²) in [6, 6.07) is 0.0434. The maximum atomic E-state index is 13.1. The third kappa shape index (κ3) is 4.17. The van der Waals surface area contributed by atoms with Crippen molar-refractivity contribution < 1.29 is 4.79 Å². The summed E-state index contributed by atoms with van der Waals surface area (Å²) in [7, 11) is 4.08. The summed E-state index contributed by atoms with van der Waals surface area (Å²) in [5.41, 5.74) is 2.38. The van der Waals surface area contributed by atoms with Crippen molar-refractivity contribution in [3.8, 4) is 0 Å². The lowest BCUT2D eigenvalue weighted by Gasteiger charge is -2.36. The van der Waals surface area contributed by atoms with Gasteiger partial charge >= 0.3 is 0 Å². The molecule has 2 fully saturated rings. The van der Waals surface area contributed by atoms with E-state index in [2.05, 4.69) is 22.2 Å². The fraction of sp³-hybridized carbons (Fsp3) is 0.773. The Balaban J connectivity index is 1.53. The average Bonchev–Trinajstić information content (AvgIpc) is 3.25. The molecule has 6 nitrogen and oxygen atoms in total. The SMILES string of the molecule is CNc1nc([C@@H]2CCCCN2C(=O)CCC2CCCC2)nc2c1CN(C)CC2. The molecule has 1 aromatic rings. The lowest BCUT2D eigenvalue weighted by atomic mass is 9.97. The maximum absolute atomic E-state index is 13.1. The molecule has 1 atom stereocenters. The largest absolute Gasteiger partial charge is 0.373 e. The van der Waals surface area contributed by atoms with E-state index < -0.39 is 0 Å². The first-order valence-electron chi connectivity index (χ1n) is 11.2. The van der Waals surface area contributed by atoms with Gasteiger partial charge in [0.25, 0.3) is 0 Å². The Morgan fingerprint density at radius 1 is 1.11 bits per heavy atom. The third-order valence-corrected chi connectivity index (χ3v) is 6.87. The molecule has 2 aliphatic heterocycles. The van der Waals surface area contributed by atoms with Gasteiger partial charge in [0.2, 0.25) is 5.91 Å². The van der Waals surface area contributed by atoms with Crippen molar-refractivity contribution in [1.29, 1.82) is 0 Å². The Morgan fingerprint density at radius 3 is 2.68 bits per heavy atom. The van der Waals surface area contributed by atoms with Gasteiger partial charge in [0.1, 0.15) is 5.82 Å². The Hall–Kier alpha value is -1.69. The van der Waals surface area contributed by atoms with Gasteiger partial charge in [-0.05, 0) is 38.6 Å². The van der Waals surface area contributed by atoms with E-state index in [9.17, 15) is 4.79 Å². The second kappa shape index (κ2) is 8.76. The van der Waals surface area contributed by atoms with Gasteiger partial charge in [0.15, 0.2) is 5.82 Å². The molecule has 0 radical (unpaired) electrons. The van der Waals surface area contributed by atoms with E-state index in [1.165, 1.54) is 31.2 Å². The van der Waals surface area contributed by atoms with Gasteiger partial charge in [-0.3, -0.25) is 4.79 Å². The molecule has 0 unspecified atom stereocenters. The molecule has 3 aliphatic rings. The number of rotatable bonds is 5. The van der Waals surface area contributed by atoms with E-state index in [0.29, 0.717) is 12.3 Å². The molecule has 1 aromatic heterocycles. The second-order valence-electron chi connectivity index (χ2n) is 8.88. The molecule has 1 saturated carbocycles. The number of anilines is 1. The van der Waals surface area contributed by atoms with Gasteiger partial charge in [-0.15, -0.1) is 0 Å². The molecule has 1 saturated heterocycles. The van der Waals surface area contributed by atoms with E-state index in [1.54, 1.807) is 0 Å². The molecular weight excluding hydrogens is 350 g/mol. The molecule has 28 heavy (non-hydrogen) atoms. The van der Waals surface area contributed by atoms with Gasteiger partial charge < -0.3 is 15.1 Å². The van der Waals surface area contributed by atoms with Crippen LogP contribution in [0.15, 0.2) is 0 Å². The van der Waals surface area contributed by atoms with Crippen molar-refractivity contribution in [2.75, 3.05) is 32.5 Å². The number of nitrogens with zero attached hydrogens (tertiary/aromatic N) is 4. The lowest BCUT2D eigenvalue weighted by Crippen LogP contribution is -2.40. The Morgan fingerprint density at radius 2 is 1.89 bits per heavy atom. The first kappa shape index (κ1) is 19.6. The van der Waals surface area contributed by atoms with Crippen LogP contribution in [0.4, 0.5) is 5.82 Å². The van der Waals surface area contributed by atoms with Gasteiger partial charge in [0.05, 0.1) is 11.7 Å². The van der Waals surface area contributed by atoms with Crippen LogP contribution in [0, 0.1) is 5.92 Å². The molecule has 4 rings (SSSR count). The molecule has 1 amide bonds. The normalized spacial score (nSPS) is 23.6. The number of nitrogens with one attached hydrogen (secondary N) is 1. The van der Waals surface area contributed by atoms with Crippen molar-refractivity contribution >= 4 is 11.7 Å². The number of likely N-dealkylation sites (N-methyl/N-ethyl adjacent to an activating group) is 1. The molecule has 1 N–H and O–H groups in total. The van der Waals surface area contributed by atoms with Crippen molar-refractivity contribution in [2.24, 2.45) is 5.92 Å². The van der Waals surface area contributed by atoms with Crippen LogP contribution in [0.1, 0.15) is 80.9 Å². The molecule has 1 aliphatic carbocycles. The average molecular weight is 386 g/mol. The highest BCUT2D eigenvalue weighted by atomic mass is 16.2. The fourth-order valence-corrected chi connectivity index (χ4v) is 5.19. The van der Waals surface area contributed by atoms with Gasteiger partial charge in [-0.2, -0.15) is 0 Å². The van der Waals surface area contributed by atoms with E-state index in [0.717, 1.165) is 75.0 Å². The van der Waals surface area contributed by atoms with Crippen LogP contribution in [0.25, 0.3) is 0 Å². The number of hydrogen-bond donors (Lipinski definition) is 1. The quantitative estimate of drug-likeness (QED) is 0.840. The molecule has 0 bridgehead atoms. The van der Waals surface area contributed by atoms with E-state index in [1.807, 2.05) is 7.05 Å². The summed E-state index contributed by atoms with van der Waals surface area (Å²) < 4.78 is 0. The maximum Gasteiger partial charge on any atom is 0.223 e. The number of likely N-dealkylation sites (tertiary alicyclic amines) is 1. The summed E-state index contributed by atoms with van der Waals surface area (Å²) in [5, 5.41) is 3.28. The highest BCUT2D eigenvalue weighted by Gasteiger charge is 2.32. The zero-order chi connectivity index (χ0) is 19.5. The Kier molecular flexibility index (Phi) is 6.14. The fourth-order valence-electron chi connectivity index (χ4n) is 5.19. The number of fused-ring (bicyclic) bond motifs is 1. The van der Waals surface area contributed by atoms with E-state index >= 15 is 0 Å². The number of piperidine rings is 1. The van der Waals surface area contributed by atoms with Gasteiger partial charge in [-0.1, -0.05) is 25.7 Å². The van der Waals surface area contributed by atoms with Crippen LogP contribution in [-0.4, -0.2) is 52.9 Å². The number of aromatic nitrogens is 2. The predicted molar refractivity (Wildman–Crippen MR) is 111 cm³/mol. The van der Waals surface area contributed by atoms with Crippen molar-refractivity contribution in [1.82, 2.24) is 19.8 Å². The molecule has 6 heteroatoms. The highest BCUT2D eigenvalue weighted by Crippen LogP contribution is 2.34. The predicted octanol–water partition coefficient (Wildman–Crippen LogP) is 3.53. The monoisotopic (exact) mass is 385 g/mol. The van der Waals surface area contributed by atoms with E-state index in [-0.39, 0.29) is 6.04 Å². The summed E-state index contributed by atoms with van der Waals surface area (Å²) in [4.78, 5) is 27.3. The number of carbonyl (C=O) groups excluding carboxylic acids is 1. The minimum atomic E-state index is 0.0434. The number of carbonyl (C=O) groups is 1. The first-order chi connectivity index (χ1) is 13.7. The van der Waals surface area contributed by atoms with Crippen LogP contribution < -0.4 is 5.32 Å². The first-order valence-corrected chi connectivity index (χ1v) is 11.2. The van der Waals surface area contributed by atoms with Crippen LogP contribution >= 0.6 is 0 Å². The molecular formula is C22H35N5O. The molecule has 0 aromatic carbocycles.